The second kappa shape index (κ2) is 7.01. The first-order valence-corrected chi connectivity index (χ1v) is 7.08. The van der Waals surface area contributed by atoms with Gasteiger partial charge in [-0.3, -0.25) is 9.00 Å². The van der Waals surface area contributed by atoms with Crippen molar-refractivity contribution in [3.63, 3.8) is 0 Å². The van der Waals surface area contributed by atoms with Crippen LogP contribution in [0.15, 0.2) is 18.3 Å². The van der Waals surface area contributed by atoms with Crippen LogP contribution in [0.1, 0.15) is 16.8 Å². The van der Waals surface area contributed by atoms with Crippen molar-refractivity contribution in [2.45, 2.75) is 6.42 Å². The Morgan fingerprint density at radius 2 is 2.29 bits per heavy atom. The maximum absolute atomic E-state index is 11.7. The van der Waals surface area contributed by atoms with E-state index in [1.807, 2.05) is 0 Å². The number of rotatable bonds is 6. The third-order valence-corrected chi connectivity index (χ3v) is 3.04. The fourth-order valence-corrected chi connectivity index (χ4v) is 1.84. The van der Waals surface area contributed by atoms with E-state index >= 15 is 0 Å². The molecule has 0 spiro atoms. The molecule has 5 nitrogen and oxygen atoms in total. The number of carbonyl (C=O) groups excluding carboxylic acids is 1. The first-order chi connectivity index (χ1) is 8.13. The standard InChI is InChI=1S/C11H17N3O2S/c1-12-10-8-9(4-6-13-10)11(15)14-5-3-7-17(2)16/h4,6,8H,3,5,7H2,1-2H3,(H,12,13)(H,14,15). The number of anilines is 1. The van der Waals surface area contributed by atoms with Gasteiger partial charge >= 0.3 is 0 Å². The minimum atomic E-state index is -0.801. The van der Waals surface area contributed by atoms with Crippen LogP contribution in [0.4, 0.5) is 5.82 Å². The first-order valence-electron chi connectivity index (χ1n) is 5.35. The van der Waals surface area contributed by atoms with Crippen molar-refractivity contribution < 1.29 is 9.00 Å². The van der Waals surface area contributed by atoms with Gasteiger partial charge in [0.2, 0.25) is 0 Å². The molecule has 0 aliphatic carbocycles. The molecular weight excluding hydrogens is 238 g/mol. The molecule has 6 heteroatoms. The molecule has 1 amide bonds. The van der Waals surface area contributed by atoms with E-state index in [0.29, 0.717) is 23.7 Å². The summed E-state index contributed by atoms with van der Waals surface area (Å²) in [5.74, 6) is 1.14. The predicted octanol–water partition coefficient (Wildman–Crippen LogP) is 0.622. The molecule has 1 aromatic rings. The zero-order valence-electron chi connectivity index (χ0n) is 10.0. The van der Waals surface area contributed by atoms with Crippen LogP contribution >= 0.6 is 0 Å². The second-order valence-corrected chi connectivity index (χ2v) is 5.12. The molecule has 1 rings (SSSR count). The summed E-state index contributed by atoms with van der Waals surface area (Å²) in [6.45, 7) is 0.537. The van der Waals surface area contributed by atoms with Crippen LogP contribution in [0.2, 0.25) is 0 Å². The highest BCUT2D eigenvalue weighted by Crippen LogP contribution is 2.05. The van der Waals surface area contributed by atoms with Crippen molar-refractivity contribution in [2.24, 2.45) is 0 Å². The zero-order chi connectivity index (χ0) is 12.7. The third kappa shape index (κ3) is 4.95. The van der Waals surface area contributed by atoms with Gasteiger partial charge in [0.1, 0.15) is 5.82 Å². The first kappa shape index (κ1) is 13.6. The lowest BCUT2D eigenvalue weighted by atomic mass is 10.2. The Morgan fingerprint density at radius 1 is 1.53 bits per heavy atom. The number of hydrogen-bond acceptors (Lipinski definition) is 4. The van der Waals surface area contributed by atoms with E-state index in [4.69, 9.17) is 0 Å². The van der Waals surface area contributed by atoms with Gasteiger partial charge in [-0.05, 0) is 18.6 Å². The summed E-state index contributed by atoms with van der Waals surface area (Å²) in [5, 5.41) is 5.65. The summed E-state index contributed by atoms with van der Waals surface area (Å²) in [7, 11) is 0.949. The Labute approximate surface area is 103 Å². The SMILES string of the molecule is CNc1cc(C(=O)NCCCS(C)=O)ccn1. The van der Waals surface area contributed by atoms with Gasteiger partial charge in [-0.2, -0.15) is 0 Å². The Balaban J connectivity index is 2.43. The molecule has 0 aliphatic rings. The highest BCUT2D eigenvalue weighted by atomic mass is 32.2. The van der Waals surface area contributed by atoms with Crippen LogP contribution in [-0.4, -0.2) is 40.7 Å². The average molecular weight is 255 g/mol. The molecular formula is C11H17N3O2S. The molecule has 0 aromatic carbocycles. The quantitative estimate of drug-likeness (QED) is 0.731. The Hall–Kier alpha value is -1.43. The van der Waals surface area contributed by atoms with E-state index in [1.165, 1.54) is 0 Å². The molecule has 2 N–H and O–H groups in total. The number of hydrogen-bond donors (Lipinski definition) is 2. The van der Waals surface area contributed by atoms with Crippen molar-refractivity contribution in [1.29, 1.82) is 0 Å². The molecule has 0 bridgehead atoms. The van der Waals surface area contributed by atoms with Crippen LogP contribution in [-0.2, 0) is 10.8 Å². The molecule has 1 atom stereocenters. The summed E-state index contributed by atoms with van der Waals surface area (Å²) in [4.78, 5) is 15.7. The summed E-state index contributed by atoms with van der Waals surface area (Å²) in [6.07, 6.45) is 3.96. The van der Waals surface area contributed by atoms with Gasteiger partial charge in [-0.25, -0.2) is 4.98 Å². The summed E-state index contributed by atoms with van der Waals surface area (Å²) < 4.78 is 10.8. The van der Waals surface area contributed by atoms with Crippen LogP contribution in [0.3, 0.4) is 0 Å². The van der Waals surface area contributed by atoms with Gasteiger partial charge in [0.15, 0.2) is 0 Å². The summed E-state index contributed by atoms with van der Waals surface area (Å²) in [6, 6.07) is 3.35. The van der Waals surface area contributed by atoms with E-state index in [2.05, 4.69) is 15.6 Å². The number of carbonyl (C=O) groups is 1. The third-order valence-electron chi connectivity index (χ3n) is 2.17. The van der Waals surface area contributed by atoms with Gasteiger partial charge in [0.05, 0.1) is 0 Å². The predicted molar refractivity (Wildman–Crippen MR) is 69.7 cm³/mol. The molecule has 0 aliphatic heterocycles. The minimum absolute atomic E-state index is 0.134. The minimum Gasteiger partial charge on any atom is -0.373 e. The van der Waals surface area contributed by atoms with Crippen LogP contribution < -0.4 is 10.6 Å². The Kier molecular flexibility index (Phi) is 5.62. The van der Waals surface area contributed by atoms with Crippen LogP contribution in [0.25, 0.3) is 0 Å². The average Bonchev–Trinajstić information content (AvgIpc) is 2.34. The maximum Gasteiger partial charge on any atom is 0.251 e. The van der Waals surface area contributed by atoms with Crippen molar-refractivity contribution in [3.05, 3.63) is 23.9 Å². The molecule has 0 fully saturated rings. The molecule has 0 saturated carbocycles. The lowest BCUT2D eigenvalue weighted by molar-refractivity contribution is 0.0953. The van der Waals surface area contributed by atoms with Crippen molar-refractivity contribution in [2.75, 3.05) is 30.9 Å². The number of nitrogens with one attached hydrogen (secondary N) is 2. The summed E-state index contributed by atoms with van der Waals surface area (Å²) >= 11 is 0. The van der Waals surface area contributed by atoms with Crippen molar-refractivity contribution >= 4 is 22.5 Å². The Bertz CT molecular complexity index is 409. The van der Waals surface area contributed by atoms with Gasteiger partial charge in [-0.1, -0.05) is 0 Å². The molecule has 17 heavy (non-hydrogen) atoms. The van der Waals surface area contributed by atoms with Crippen molar-refractivity contribution in [1.82, 2.24) is 10.3 Å². The fourth-order valence-electron chi connectivity index (χ4n) is 1.29. The lowest BCUT2D eigenvalue weighted by Gasteiger charge is -2.05. The highest BCUT2D eigenvalue weighted by Gasteiger charge is 2.05. The molecule has 1 heterocycles. The number of nitrogens with zero attached hydrogens (tertiary/aromatic N) is 1. The number of pyridine rings is 1. The van der Waals surface area contributed by atoms with E-state index in [1.54, 1.807) is 31.6 Å². The molecule has 1 unspecified atom stereocenters. The maximum atomic E-state index is 11.7. The largest absolute Gasteiger partial charge is 0.373 e. The van der Waals surface area contributed by atoms with Crippen LogP contribution in [0, 0.1) is 0 Å². The van der Waals surface area contributed by atoms with E-state index < -0.39 is 10.8 Å². The second-order valence-electron chi connectivity index (χ2n) is 3.57. The summed E-state index contributed by atoms with van der Waals surface area (Å²) in [5.41, 5.74) is 0.571. The van der Waals surface area contributed by atoms with Crippen molar-refractivity contribution in [3.8, 4) is 0 Å². The lowest BCUT2D eigenvalue weighted by Crippen LogP contribution is -2.25. The van der Waals surface area contributed by atoms with Gasteiger partial charge in [0.25, 0.3) is 5.91 Å². The van der Waals surface area contributed by atoms with Crippen LogP contribution in [0.5, 0.6) is 0 Å². The smallest absolute Gasteiger partial charge is 0.251 e. The zero-order valence-corrected chi connectivity index (χ0v) is 10.8. The fraction of sp³-hybridized carbons (Fsp3) is 0.455. The van der Waals surface area contributed by atoms with Gasteiger partial charge in [-0.15, -0.1) is 0 Å². The Morgan fingerprint density at radius 3 is 2.94 bits per heavy atom. The topological polar surface area (TPSA) is 71.1 Å². The van der Waals surface area contributed by atoms with Gasteiger partial charge < -0.3 is 10.6 Å². The van der Waals surface area contributed by atoms with Gasteiger partial charge in [0, 0.05) is 48.2 Å². The van der Waals surface area contributed by atoms with E-state index in [0.717, 1.165) is 6.42 Å². The normalized spacial score (nSPS) is 11.9. The van der Waals surface area contributed by atoms with E-state index in [9.17, 15) is 9.00 Å². The number of amides is 1. The molecule has 0 saturated heterocycles. The highest BCUT2D eigenvalue weighted by molar-refractivity contribution is 7.84. The molecule has 0 radical (unpaired) electrons. The molecule has 1 aromatic heterocycles. The van der Waals surface area contributed by atoms with E-state index in [-0.39, 0.29) is 5.91 Å². The monoisotopic (exact) mass is 255 g/mol. The molecule has 94 valence electrons. The number of aromatic nitrogens is 1.